The van der Waals surface area contributed by atoms with Crippen molar-refractivity contribution in [1.82, 2.24) is 19.9 Å². The number of aromatic nitrogens is 4. The van der Waals surface area contributed by atoms with Gasteiger partial charge in [-0.1, -0.05) is 0 Å². The van der Waals surface area contributed by atoms with E-state index in [0.717, 1.165) is 5.69 Å². The smallest absolute Gasteiger partial charge is 0.377 e. The van der Waals surface area contributed by atoms with E-state index in [1.807, 2.05) is 6.92 Å². The fourth-order valence-electron chi connectivity index (χ4n) is 1.23. The SMILES string of the molecule is Cc1cc(-c2nc(C(=O)O)no2)n(C)n1. The minimum Gasteiger partial charge on any atom is -0.475 e. The second-order valence-electron chi connectivity index (χ2n) is 3.02. The van der Waals surface area contributed by atoms with Crippen molar-refractivity contribution in [3.05, 3.63) is 17.6 Å². The topological polar surface area (TPSA) is 94.0 Å². The molecule has 0 radical (unpaired) electrons. The van der Waals surface area contributed by atoms with Crippen LogP contribution in [0, 0.1) is 6.92 Å². The molecule has 0 aromatic carbocycles. The van der Waals surface area contributed by atoms with Crippen molar-refractivity contribution in [1.29, 1.82) is 0 Å². The Morgan fingerprint density at radius 2 is 2.33 bits per heavy atom. The van der Waals surface area contributed by atoms with Crippen LogP contribution in [-0.2, 0) is 7.05 Å². The second kappa shape index (κ2) is 3.19. The van der Waals surface area contributed by atoms with E-state index in [4.69, 9.17) is 9.63 Å². The highest BCUT2D eigenvalue weighted by atomic mass is 16.5. The maximum absolute atomic E-state index is 10.5. The molecule has 0 aliphatic carbocycles. The van der Waals surface area contributed by atoms with Gasteiger partial charge < -0.3 is 9.63 Å². The molecule has 0 atom stereocenters. The van der Waals surface area contributed by atoms with E-state index in [9.17, 15) is 4.79 Å². The van der Waals surface area contributed by atoms with Crippen LogP contribution >= 0.6 is 0 Å². The maximum atomic E-state index is 10.5. The molecule has 7 nitrogen and oxygen atoms in total. The summed E-state index contributed by atoms with van der Waals surface area (Å²) in [5.41, 5.74) is 1.38. The van der Waals surface area contributed by atoms with E-state index in [2.05, 4.69) is 15.2 Å². The summed E-state index contributed by atoms with van der Waals surface area (Å²) in [7, 11) is 1.72. The molecule has 1 N–H and O–H groups in total. The molecule has 0 saturated heterocycles. The van der Waals surface area contributed by atoms with Crippen LogP contribution < -0.4 is 0 Å². The van der Waals surface area contributed by atoms with Crippen molar-refractivity contribution in [2.45, 2.75) is 6.92 Å². The fourth-order valence-corrected chi connectivity index (χ4v) is 1.23. The lowest BCUT2D eigenvalue weighted by molar-refractivity contribution is 0.0680. The zero-order valence-electron chi connectivity index (χ0n) is 8.13. The summed E-state index contributed by atoms with van der Waals surface area (Å²) in [6.45, 7) is 1.82. The zero-order valence-corrected chi connectivity index (χ0v) is 8.13. The van der Waals surface area contributed by atoms with E-state index in [1.165, 1.54) is 0 Å². The first kappa shape index (κ1) is 9.38. The van der Waals surface area contributed by atoms with Crippen molar-refractivity contribution >= 4 is 5.97 Å². The van der Waals surface area contributed by atoms with Crippen LogP contribution in [0.15, 0.2) is 10.6 Å². The minimum absolute atomic E-state index is 0.149. The number of carboxylic acids is 1. The molecule has 0 amide bonds. The van der Waals surface area contributed by atoms with Gasteiger partial charge in [0.25, 0.3) is 11.7 Å². The largest absolute Gasteiger partial charge is 0.475 e. The molecule has 2 aromatic heterocycles. The minimum atomic E-state index is -1.22. The second-order valence-corrected chi connectivity index (χ2v) is 3.02. The standard InChI is InChI=1S/C8H8N4O3/c1-4-3-5(12(2)10-4)7-9-6(8(13)14)11-15-7/h3H,1-2H3,(H,13,14). The molecule has 0 aliphatic heterocycles. The highest BCUT2D eigenvalue weighted by Crippen LogP contribution is 2.17. The van der Waals surface area contributed by atoms with Gasteiger partial charge in [-0.15, -0.1) is 0 Å². The van der Waals surface area contributed by atoms with Crippen LogP contribution in [0.1, 0.15) is 16.3 Å². The van der Waals surface area contributed by atoms with E-state index in [-0.39, 0.29) is 11.7 Å². The molecule has 2 aromatic rings. The lowest BCUT2D eigenvalue weighted by Crippen LogP contribution is -1.99. The third kappa shape index (κ3) is 1.58. The highest BCUT2D eigenvalue weighted by molar-refractivity contribution is 5.83. The molecule has 0 unspecified atom stereocenters. The Kier molecular flexibility index (Phi) is 2.00. The Morgan fingerprint density at radius 1 is 1.60 bits per heavy atom. The Labute approximate surface area is 84.3 Å². The van der Waals surface area contributed by atoms with Crippen LogP contribution in [0.2, 0.25) is 0 Å². The predicted octanol–water partition coefficient (Wildman–Crippen LogP) is 0.477. The summed E-state index contributed by atoms with van der Waals surface area (Å²) >= 11 is 0. The Bertz CT molecular complexity index is 514. The number of nitrogens with zero attached hydrogens (tertiary/aromatic N) is 4. The Morgan fingerprint density at radius 3 is 2.80 bits per heavy atom. The molecule has 15 heavy (non-hydrogen) atoms. The fraction of sp³-hybridized carbons (Fsp3) is 0.250. The Hall–Kier alpha value is -2.18. The lowest BCUT2D eigenvalue weighted by atomic mass is 10.4. The number of rotatable bonds is 2. The average Bonchev–Trinajstić information content (AvgIpc) is 2.71. The summed E-state index contributed by atoms with van der Waals surface area (Å²) in [5, 5.41) is 16.0. The third-order valence-corrected chi connectivity index (χ3v) is 1.84. The van der Waals surface area contributed by atoms with E-state index < -0.39 is 5.97 Å². The molecule has 0 bridgehead atoms. The summed E-state index contributed by atoms with van der Waals surface area (Å²) in [4.78, 5) is 14.2. The number of hydrogen-bond acceptors (Lipinski definition) is 5. The number of carboxylic acid groups (broad SMARTS) is 1. The van der Waals surface area contributed by atoms with Crippen molar-refractivity contribution in [2.24, 2.45) is 7.05 Å². The summed E-state index contributed by atoms with van der Waals surface area (Å²) in [5.74, 6) is -1.43. The van der Waals surface area contributed by atoms with Gasteiger partial charge in [0.2, 0.25) is 0 Å². The molecule has 0 saturated carbocycles. The van der Waals surface area contributed by atoms with Crippen molar-refractivity contribution in [3.63, 3.8) is 0 Å². The number of hydrogen-bond donors (Lipinski definition) is 1. The monoisotopic (exact) mass is 208 g/mol. The van der Waals surface area contributed by atoms with Crippen LogP contribution in [0.25, 0.3) is 11.6 Å². The molecule has 0 aliphatic rings. The van der Waals surface area contributed by atoms with Crippen molar-refractivity contribution in [3.8, 4) is 11.6 Å². The molecule has 2 rings (SSSR count). The van der Waals surface area contributed by atoms with Crippen molar-refractivity contribution < 1.29 is 14.4 Å². The molecular formula is C8H8N4O3. The first-order valence-electron chi connectivity index (χ1n) is 4.16. The summed E-state index contributed by atoms with van der Waals surface area (Å²) in [6, 6.07) is 1.74. The lowest BCUT2D eigenvalue weighted by Gasteiger charge is -1.92. The van der Waals surface area contributed by atoms with Gasteiger partial charge in [0, 0.05) is 7.05 Å². The molecule has 0 fully saturated rings. The quantitative estimate of drug-likeness (QED) is 0.771. The summed E-state index contributed by atoms with van der Waals surface area (Å²) in [6.07, 6.45) is 0. The van der Waals surface area contributed by atoms with E-state index >= 15 is 0 Å². The Balaban J connectivity index is 2.45. The average molecular weight is 208 g/mol. The number of aryl methyl sites for hydroxylation is 2. The van der Waals surface area contributed by atoms with E-state index in [1.54, 1.807) is 17.8 Å². The van der Waals surface area contributed by atoms with Gasteiger partial charge in [-0.2, -0.15) is 10.1 Å². The normalized spacial score (nSPS) is 10.5. The number of carbonyl (C=O) groups is 1. The van der Waals surface area contributed by atoms with Gasteiger partial charge in [0.05, 0.1) is 5.69 Å². The van der Waals surface area contributed by atoms with Gasteiger partial charge >= 0.3 is 5.97 Å². The molecule has 7 heteroatoms. The molecule has 2 heterocycles. The molecular weight excluding hydrogens is 200 g/mol. The van der Waals surface area contributed by atoms with Crippen LogP contribution in [0.4, 0.5) is 0 Å². The molecule has 78 valence electrons. The molecule has 0 spiro atoms. The van der Waals surface area contributed by atoms with Crippen molar-refractivity contribution in [2.75, 3.05) is 0 Å². The van der Waals surface area contributed by atoms with Gasteiger partial charge in [0.1, 0.15) is 5.69 Å². The first-order valence-corrected chi connectivity index (χ1v) is 4.16. The number of aromatic carboxylic acids is 1. The van der Waals surface area contributed by atoms with Gasteiger partial charge in [-0.05, 0) is 18.1 Å². The summed E-state index contributed by atoms with van der Waals surface area (Å²) < 4.78 is 6.35. The van der Waals surface area contributed by atoms with Gasteiger partial charge in [-0.25, -0.2) is 4.79 Å². The van der Waals surface area contributed by atoms with Crippen LogP contribution in [-0.4, -0.2) is 31.0 Å². The first-order chi connectivity index (χ1) is 7.08. The van der Waals surface area contributed by atoms with Crippen LogP contribution in [0.3, 0.4) is 0 Å². The zero-order chi connectivity index (χ0) is 11.0. The van der Waals surface area contributed by atoms with E-state index in [0.29, 0.717) is 5.69 Å². The highest BCUT2D eigenvalue weighted by Gasteiger charge is 2.16. The van der Waals surface area contributed by atoms with Gasteiger partial charge in [0.15, 0.2) is 0 Å². The van der Waals surface area contributed by atoms with Gasteiger partial charge in [-0.3, -0.25) is 4.68 Å². The third-order valence-electron chi connectivity index (χ3n) is 1.84. The maximum Gasteiger partial charge on any atom is 0.377 e. The van der Waals surface area contributed by atoms with Crippen LogP contribution in [0.5, 0.6) is 0 Å². The predicted molar refractivity (Wildman–Crippen MR) is 48.2 cm³/mol.